The summed E-state index contributed by atoms with van der Waals surface area (Å²) >= 11 is 1.02. The van der Waals surface area contributed by atoms with Crippen LogP contribution in [0.4, 0.5) is 9.93 Å². The minimum atomic E-state index is -1.18. The van der Waals surface area contributed by atoms with E-state index in [1.54, 1.807) is 14.0 Å². The number of aryl methyl sites for hydroxylation is 2. The lowest BCUT2D eigenvalue weighted by molar-refractivity contribution is -0.139. The Balaban J connectivity index is 2.05. The van der Waals surface area contributed by atoms with Crippen molar-refractivity contribution in [2.45, 2.75) is 13.0 Å². The van der Waals surface area contributed by atoms with Crippen molar-refractivity contribution in [3.05, 3.63) is 23.8 Å². The number of rotatable bonds is 4. The van der Waals surface area contributed by atoms with E-state index in [9.17, 15) is 9.59 Å². The summed E-state index contributed by atoms with van der Waals surface area (Å²) in [7, 11) is 1.66. The Hall–Kier alpha value is -2.49. The van der Waals surface area contributed by atoms with Crippen LogP contribution in [0.1, 0.15) is 17.4 Å². The number of amides is 2. The molecule has 1 atom stereocenters. The van der Waals surface area contributed by atoms with E-state index >= 15 is 0 Å². The first-order chi connectivity index (χ1) is 9.45. The molecule has 0 aliphatic rings. The molecule has 0 spiro atoms. The third-order valence-electron chi connectivity index (χ3n) is 2.33. The highest BCUT2D eigenvalue weighted by molar-refractivity contribution is 7.09. The maximum absolute atomic E-state index is 11.7. The molecule has 2 rings (SSSR count). The summed E-state index contributed by atoms with van der Waals surface area (Å²) in [6.07, 6.45) is 2.91. The average molecular weight is 296 g/mol. The zero-order chi connectivity index (χ0) is 14.7. The van der Waals surface area contributed by atoms with Gasteiger partial charge in [0.1, 0.15) is 5.82 Å². The lowest BCUT2D eigenvalue weighted by atomic mass is 10.2. The van der Waals surface area contributed by atoms with E-state index in [1.165, 1.54) is 17.1 Å². The minimum Gasteiger partial charge on any atom is -0.479 e. The van der Waals surface area contributed by atoms with Crippen LogP contribution in [0.25, 0.3) is 0 Å². The van der Waals surface area contributed by atoms with Crippen LogP contribution >= 0.6 is 11.5 Å². The standard InChI is InChI=1S/C10H12N6O3S/c1-5-12-10(20-15-5)14-9(19)13-7(8(17)18)6-3-11-16(2)4-6/h3-4,7H,1-2H3,(H,17,18)(H2,12,13,14,15,19). The summed E-state index contributed by atoms with van der Waals surface area (Å²) < 4.78 is 5.36. The Kier molecular flexibility index (Phi) is 3.94. The quantitative estimate of drug-likeness (QED) is 0.756. The highest BCUT2D eigenvalue weighted by Crippen LogP contribution is 2.14. The molecular weight excluding hydrogens is 284 g/mol. The van der Waals surface area contributed by atoms with Crippen LogP contribution < -0.4 is 10.6 Å². The number of nitrogens with one attached hydrogen (secondary N) is 2. The van der Waals surface area contributed by atoms with Gasteiger partial charge in [-0.25, -0.2) is 14.6 Å². The third kappa shape index (κ3) is 3.29. The highest BCUT2D eigenvalue weighted by atomic mass is 32.1. The fraction of sp³-hybridized carbons (Fsp3) is 0.300. The van der Waals surface area contributed by atoms with Crippen LogP contribution in [0.5, 0.6) is 0 Å². The van der Waals surface area contributed by atoms with Gasteiger partial charge in [-0.05, 0) is 6.92 Å². The van der Waals surface area contributed by atoms with Crippen LogP contribution in [0.15, 0.2) is 12.4 Å². The third-order valence-corrected chi connectivity index (χ3v) is 3.05. The maximum atomic E-state index is 11.7. The first-order valence-electron chi connectivity index (χ1n) is 5.55. The number of aliphatic carboxylic acids is 1. The van der Waals surface area contributed by atoms with Crippen LogP contribution in [-0.2, 0) is 11.8 Å². The number of anilines is 1. The van der Waals surface area contributed by atoms with Crippen LogP contribution in [0, 0.1) is 6.92 Å². The van der Waals surface area contributed by atoms with Gasteiger partial charge in [-0.15, -0.1) is 0 Å². The minimum absolute atomic E-state index is 0.301. The van der Waals surface area contributed by atoms with Crippen molar-refractivity contribution in [2.75, 3.05) is 5.32 Å². The Bertz CT molecular complexity index is 636. The molecule has 0 radical (unpaired) electrons. The number of urea groups is 1. The second-order valence-electron chi connectivity index (χ2n) is 3.96. The normalized spacial score (nSPS) is 11.9. The number of carboxylic acid groups (broad SMARTS) is 1. The van der Waals surface area contributed by atoms with E-state index in [0.29, 0.717) is 16.5 Å². The molecule has 106 valence electrons. The summed E-state index contributed by atoms with van der Waals surface area (Å²) in [4.78, 5) is 26.9. The average Bonchev–Trinajstić information content (AvgIpc) is 2.95. The van der Waals surface area contributed by atoms with Gasteiger partial charge in [0.2, 0.25) is 5.13 Å². The number of nitrogens with zero attached hydrogens (tertiary/aromatic N) is 4. The van der Waals surface area contributed by atoms with Gasteiger partial charge in [-0.3, -0.25) is 10.00 Å². The Morgan fingerprint density at radius 1 is 1.50 bits per heavy atom. The summed E-state index contributed by atoms with van der Waals surface area (Å²) in [5.74, 6) is -0.645. The molecule has 1 unspecified atom stereocenters. The number of carbonyl (C=O) groups excluding carboxylic acids is 1. The van der Waals surface area contributed by atoms with E-state index in [-0.39, 0.29) is 0 Å². The van der Waals surface area contributed by atoms with Gasteiger partial charge in [0.15, 0.2) is 6.04 Å². The molecule has 0 saturated heterocycles. The highest BCUT2D eigenvalue weighted by Gasteiger charge is 2.23. The predicted molar refractivity (Wildman–Crippen MR) is 70.4 cm³/mol. The van der Waals surface area contributed by atoms with E-state index < -0.39 is 18.0 Å². The topological polar surface area (TPSA) is 122 Å². The van der Waals surface area contributed by atoms with Gasteiger partial charge in [0.05, 0.1) is 6.20 Å². The van der Waals surface area contributed by atoms with Crippen molar-refractivity contribution in [1.29, 1.82) is 0 Å². The molecule has 20 heavy (non-hydrogen) atoms. The molecule has 2 aromatic rings. The summed E-state index contributed by atoms with van der Waals surface area (Å²) in [5, 5.41) is 18.1. The molecule has 2 amide bonds. The van der Waals surface area contributed by atoms with Crippen molar-refractivity contribution in [3.8, 4) is 0 Å². The first-order valence-corrected chi connectivity index (χ1v) is 6.32. The van der Waals surface area contributed by atoms with Gasteiger partial charge >= 0.3 is 12.0 Å². The molecule has 0 saturated carbocycles. The first kappa shape index (κ1) is 13.9. The lowest BCUT2D eigenvalue weighted by Gasteiger charge is -2.12. The molecule has 0 aliphatic heterocycles. The lowest BCUT2D eigenvalue weighted by Crippen LogP contribution is -2.36. The molecular formula is C10H12N6O3S. The summed E-state index contributed by atoms with van der Waals surface area (Å²) in [6, 6.07) is -1.85. The van der Waals surface area contributed by atoms with E-state index in [1.807, 2.05) is 0 Å². The van der Waals surface area contributed by atoms with Gasteiger partial charge in [-0.1, -0.05) is 0 Å². The van der Waals surface area contributed by atoms with Gasteiger partial charge in [-0.2, -0.15) is 9.47 Å². The van der Waals surface area contributed by atoms with Crippen molar-refractivity contribution in [1.82, 2.24) is 24.5 Å². The largest absolute Gasteiger partial charge is 0.479 e. The Morgan fingerprint density at radius 3 is 2.75 bits per heavy atom. The van der Waals surface area contributed by atoms with E-state index in [4.69, 9.17) is 5.11 Å². The van der Waals surface area contributed by atoms with Crippen molar-refractivity contribution >= 4 is 28.7 Å². The van der Waals surface area contributed by atoms with Crippen LogP contribution in [0.2, 0.25) is 0 Å². The second kappa shape index (κ2) is 5.65. The number of carboxylic acids is 1. The molecule has 0 fully saturated rings. The molecule has 2 aromatic heterocycles. The molecule has 10 heteroatoms. The van der Waals surface area contributed by atoms with Gasteiger partial charge in [0.25, 0.3) is 0 Å². The number of carbonyl (C=O) groups is 2. The van der Waals surface area contributed by atoms with E-state index in [2.05, 4.69) is 25.1 Å². The van der Waals surface area contributed by atoms with Crippen LogP contribution in [0.3, 0.4) is 0 Å². The van der Waals surface area contributed by atoms with Crippen molar-refractivity contribution in [2.24, 2.45) is 7.05 Å². The summed E-state index contributed by atoms with van der Waals surface area (Å²) in [5.41, 5.74) is 0.378. The van der Waals surface area contributed by atoms with Crippen LogP contribution in [-0.4, -0.2) is 36.2 Å². The molecule has 2 heterocycles. The smallest absolute Gasteiger partial charge is 0.331 e. The molecule has 0 aromatic carbocycles. The fourth-order valence-corrected chi connectivity index (χ4v) is 2.06. The zero-order valence-corrected chi connectivity index (χ0v) is 11.5. The van der Waals surface area contributed by atoms with Gasteiger partial charge in [0, 0.05) is 30.3 Å². The maximum Gasteiger partial charge on any atom is 0.331 e. The zero-order valence-electron chi connectivity index (χ0n) is 10.7. The molecule has 0 aliphatic carbocycles. The SMILES string of the molecule is Cc1nsc(NC(=O)NC(C(=O)O)c2cnn(C)c2)n1. The second-order valence-corrected chi connectivity index (χ2v) is 4.72. The number of aromatic nitrogens is 4. The van der Waals surface area contributed by atoms with Crippen molar-refractivity contribution in [3.63, 3.8) is 0 Å². The molecule has 0 bridgehead atoms. The van der Waals surface area contributed by atoms with Crippen molar-refractivity contribution < 1.29 is 14.7 Å². The predicted octanol–water partition coefficient (Wildman–Crippen LogP) is 0.527. The Labute approximate surface area is 117 Å². The Morgan fingerprint density at radius 2 is 2.25 bits per heavy atom. The molecule has 9 nitrogen and oxygen atoms in total. The molecule has 3 N–H and O–H groups in total. The fourth-order valence-electron chi connectivity index (χ4n) is 1.49. The van der Waals surface area contributed by atoms with Gasteiger partial charge < -0.3 is 10.4 Å². The number of hydrogen-bond donors (Lipinski definition) is 3. The summed E-state index contributed by atoms with van der Waals surface area (Å²) in [6.45, 7) is 1.69. The van der Waals surface area contributed by atoms with E-state index in [0.717, 1.165) is 11.5 Å². The number of hydrogen-bond acceptors (Lipinski definition) is 6. The monoisotopic (exact) mass is 296 g/mol.